The molecule has 2 aromatic rings. The molecule has 1 N–H and O–H groups in total. The van der Waals surface area contributed by atoms with Gasteiger partial charge in [0.2, 0.25) is 5.91 Å². The lowest BCUT2D eigenvalue weighted by atomic mass is 10.3. The van der Waals surface area contributed by atoms with Crippen LogP contribution in [-0.2, 0) is 17.9 Å². The molecule has 0 aliphatic carbocycles. The first-order valence-corrected chi connectivity index (χ1v) is 7.67. The van der Waals surface area contributed by atoms with Crippen LogP contribution >= 0.6 is 23.2 Å². The molecule has 0 spiro atoms. The van der Waals surface area contributed by atoms with E-state index in [2.05, 4.69) is 10.4 Å². The van der Waals surface area contributed by atoms with Crippen molar-refractivity contribution in [3.63, 3.8) is 0 Å². The van der Waals surface area contributed by atoms with Crippen LogP contribution in [0, 0.1) is 0 Å². The van der Waals surface area contributed by atoms with Gasteiger partial charge in [-0.1, -0.05) is 23.2 Å². The number of nitrogens with one attached hydrogen (secondary N) is 1. The first-order chi connectivity index (χ1) is 10.5. The fourth-order valence-corrected chi connectivity index (χ4v) is 2.63. The molecule has 0 aliphatic heterocycles. The Morgan fingerprint density at radius 1 is 1.32 bits per heavy atom. The molecule has 0 saturated carbocycles. The summed E-state index contributed by atoms with van der Waals surface area (Å²) in [6.45, 7) is 3.79. The highest BCUT2D eigenvalue weighted by atomic mass is 35.5. The Bertz CT molecular complexity index is 636. The molecule has 0 bridgehead atoms. The number of carbonyl (C=O) groups is 1. The molecule has 5 nitrogen and oxygen atoms in total. The Morgan fingerprint density at radius 3 is 2.59 bits per heavy atom. The highest BCUT2D eigenvalue weighted by Crippen LogP contribution is 2.22. The fraction of sp³-hybridized carbons (Fsp3) is 0.333. The molecule has 0 fully saturated rings. The zero-order valence-electron chi connectivity index (χ0n) is 12.5. The van der Waals surface area contributed by atoms with Crippen LogP contribution in [0.3, 0.4) is 0 Å². The maximum absolute atomic E-state index is 12.0. The summed E-state index contributed by atoms with van der Waals surface area (Å²) < 4.78 is 1.86. The Labute approximate surface area is 139 Å². The van der Waals surface area contributed by atoms with E-state index in [1.807, 2.05) is 35.9 Å². The van der Waals surface area contributed by atoms with Crippen LogP contribution in [0.5, 0.6) is 0 Å². The maximum Gasteiger partial charge on any atom is 0.238 e. The first kappa shape index (κ1) is 16.8. The quantitative estimate of drug-likeness (QED) is 0.877. The Morgan fingerprint density at radius 2 is 2.00 bits per heavy atom. The van der Waals surface area contributed by atoms with Crippen molar-refractivity contribution in [2.45, 2.75) is 20.0 Å². The second kappa shape index (κ2) is 7.63. The van der Waals surface area contributed by atoms with Gasteiger partial charge in [-0.25, -0.2) is 0 Å². The van der Waals surface area contributed by atoms with Gasteiger partial charge in [0, 0.05) is 40.6 Å². The smallest absolute Gasteiger partial charge is 0.238 e. The van der Waals surface area contributed by atoms with Gasteiger partial charge in [-0.3, -0.25) is 14.4 Å². The second-order valence-electron chi connectivity index (χ2n) is 5.08. The van der Waals surface area contributed by atoms with E-state index in [9.17, 15) is 4.79 Å². The van der Waals surface area contributed by atoms with Gasteiger partial charge in [0.05, 0.1) is 12.7 Å². The number of likely N-dealkylation sites (N-methyl/N-ethyl adjacent to an activating group) is 1. The monoisotopic (exact) mass is 340 g/mol. The molecule has 0 atom stereocenters. The molecular weight excluding hydrogens is 323 g/mol. The molecule has 1 amide bonds. The van der Waals surface area contributed by atoms with Crippen LogP contribution in [0.15, 0.2) is 30.6 Å². The molecule has 118 valence electrons. The third-order valence-corrected chi connectivity index (χ3v) is 3.46. The van der Waals surface area contributed by atoms with Crippen LogP contribution in [0.25, 0.3) is 0 Å². The predicted molar refractivity (Wildman–Crippen MR) is 89.3 cm³/mol. The molecular formula is C15H18Cl2N4O. The number of benzene rings is 1. The Kier molecular flexibility index (Phi) is 5.83. The van der Waals surface area contributed by atoms with Crippen LogP contribution in [0.1, 0.15) is 12.5 Å². The lowest BCUT2D eigenvalue weighted by Gasteiger charge is -2.15. The van der Waals surface area contributed by atoms with E-state index in [1.165, 1.54) is 0 Å². The molecule has 1 aromatic heterocycles. The number of aromatic nitrogens is 2. The third-order valence-electron chi connectivity index (χ3n) is 3.02. The predicted octanol–water partition coefficient (Wildman–Crippen LogP) is 3.28. The van der Waals surface area contributed by atoms with Gasteiger partial charge >= 0.3 is 0 Å². The second-order valence-corrected chi connectivity index (χ2v) is 5.96. The number of rotatable bonds is 6. The number of nitrogens with zero attached hydrogens (tertiary/aromatic N) is 3. The number of hydrogen-bond acceptors (Lipinski definition) is 3. The minimum absolute atomic E-state index is 0.122. The number of carbonyl (C=O) groups excluding carboxylic acids is 1. The molecule has 0 saturated heterocycles. The van der Waals surface area contributed by atoms with E-state index in [0.717, 1.165) is 12.1 Å². The van der Waals surface area contributed by atoms with Crippen molar-refractivity contribution in [2.75, 3.05) is 18.9 Å². The summed E-state index contributed by atoms with van der Waals surface area (Å²) in [5.74, 6) is -0.122. The first-order valence-electron chi connectivity index (χ1n) is 6.92. The van der Waals surface area contributed by atoms with Gasteiger partial charge < -0.3 is 5.32 Å². The number of aryl methyl sites for hydroxylation is 1. The average molecular weight is 341 g/mol. The Balaban J connectivity index is 1.88. The van der Waals surface area contributed by atoms with E-state index in [4.69, 9.17) is 23.2 Å². The SMILES string of the molecule is CCn1cc(CN(C)CC(=O)Nc2cc(Cl)cc(Cl)c2)cn1. The highest BCUT2D eigenvalue weighted by molar-refractivity contribution is 6.35. The molecule has 22 heavy (non-hydrogen) atoms. The summed E-state index contributed by atoms with van der Waals surface area (Å²) >= 11 is 11.8. The van der Waals surface area contributed by atoms with Gasteiger partial charge in [-0.2, -0.15) is 5.10 Å². The van der Waals surface area contributed by atoms with Crippen LogP contribution < -0.4 is 5.32 Å². The zero-order chi connectivity index (χ0) is 16.1. The van der Waals surface area contributed by atoms with Crippen molar-refractivity contribution in [3.05, 3.63) is 46.2 Å². The molecule has 7 heteroatoms. The van der Waals surface area contributed by atoms with Gasteiger partial charge in [0.15, 0.2) is 0 Å². The molecule has 1 heterocycles. The molecule has 0 radical (unpaired) electrons. The van der Waals surface area contributed by atoms with E-state index < -0.39 is 0 Å². The lowest BCUT2D eigenvalue weighted by molar-refractivity contribution is -0.117. The Hall–Kier alpha value is -1.56. The van der Waals surface area contributed by atoms with Crippen molar-refractivity contribution in [3.8, 4) is 0 Å². The highest BCUT2D eigenvalue weighted by Gasteiger charge is 2.09. The zero-order valence-corrected chi connectivity index (χ0v) is 14.0. The van der Waals surface area contributed by atoms with Crippen molar-refractivity contribution < 1.29 is 4.79 Å². The summed E-state index contributed by atoms with van der Waals surface area (Å²) in [5, 5.41) is 7.98. The van der Waals surface area contributed by atoms with Crippen LogP contribution in [-0.4, -0.2) is 34.2 Å². The average Bonchev–Trinajstić information content (AvgIpc) is 2.84. The van der Waals surface area contributed by atoms with Crippen molar-refractivity contribution in [2.24, 2.45) is 0 Å². The minimum atomic E-state index is -0.122. The largest absolute Gasteiger partial charge is 0.325 e. The number of halogens is 2. The third kappa shape index (κ3) is 5.02. The van der Waals surface area contributed by atoms with E-state index in [-0.39, 0.29) is 12.5 Å². The van der Waals surface area contributed by atoms with E-state index >= 15 is 0 Å². The summed E-state index contributed by atoms with van der Waals surface area (Å²) in [6, 6.07) is 4.95. The van der Waals surface area contributed by atoms with Gasteiger partial charge in [-0.05, 0) is 32.2 Å². The van der Waals surface area contributed by atoms with E-state index in [0.29, 0.717) is 22.3 Å². The molecule has 0 unspecified atom stereocenters. The fourth-order valence-electron chi connectivity index (χ4n) is 2.10. The maximum atomic E-state index is 12.0. The molecule has 1 aromatic carbocycles. The molecule has 0 aliphatic rings. The van der Waals surface area contributed by atoms with Gasteiger partial charge in [0.25, 0.3) is 0 Å². The minimum Gasteiger partial charge on any atom is -0.325 e. The van der Waals surface area contributed by atoms with Crippen molar-refractivity contribution in [1.82, 2.24) is 14.7 Å². The van der Waals surface area contributed by atoms with E-state index in [1.54, 1.807) is 18.2 Å². The number of hydrogen-bond donors (Lipinski definition) is 1. The lowest BCUT2D eigenvalue weighted by Crippen LogP contribution is -2.29. The van der Waals surface area contributed by atoms with Crippen molar-refractivity contribution in [1.29, 1.82) is 0 Å². The van der Waals surface area contributed by atoms with Crippen LogP contribution in [0.2, 0.25) is 10.0 Å². The molecule has 2 rings (SSSR count). The number of anilines is 1. The van der Waals surface area contributed by atoms with Crippen molar-refractivity contribution >= 4 is 34.8 Å². The topological polar surface area (TPSA) is 50.2 Å². The summed E-state index contributed by atoms with van der Waals surface area (Å²) in [6.07, 6.45) is 3.79. The van der Waals surface area contributed by atoms with Gasteiger partial charge in [0.1, 0.15) is 0 Å². The standard InChI is InChI=1S/C15H18Cl2N4O/c1-3-21-9-11(7-18-21)8-20(2)10-15(22)19-14-5-12(16)4-13(17)6-14/h4-7,9H,3,8,10H2,1-2H3,(H,19,22). The van der Waals surface area contributed by atoms with Gasteiger partial charge in [-0.15, -0.1) is 0 Å². The number of amides is 1. The van der Waals surface area contributed by atoms with Crippen LogP contribution in [0.4, 0.5) is 5.69 Å². The summed E-state index contributed by atoms with van der Waals surface area (Å²) in [5.41, 5.74) is 1.66. The summed E-state index contributed by atoms with van der Waals surface area (Å²) in [7, 11) is 1.88. The summed E-state index contributed by atoms with van der Waals surface area (Å²) in [4.78, 5) is 14.0. The normalized spacial score (nSPS) is 11.0.